The molecule has 0 atom stereocenters. The maximum absolute atomic E-state index is 5.07. The second kappa shape index (κ2) is 2.22. The Morgan fingerprint density at radius 2 is 2.27 bits per heavy atom. The van der Waals surface area contributed by atoms with Gasteiger partial charge in [-0.3, -0.25) is 0 Å². The van der Waals surface area contributed by atoms with Crippen LogP contribution < -0.4 is 0 Å². The average Bonchev–Trinajstić information content (AvgIpc) is 2.32. The second-order valence-corrected chi connectivity index (χ2v) is 3.09. The van der Waals surface area contributed by atoms with Crippen LogP contribution in [0.1, 0.15) is 23.4 Å². The van der Waals surface area contributed by atoms with E-state index in [1.165, 1.54) is 11.1 Å². The summed E-state index contributed by atoms with van der Waals surface area (Å²) in [5, 5.41) is 3.97. The fraction of sp³-hybridized carbons (Fsp3) is 0.444. The lowest BCUT2D eigenvalue weighted by Crippen LogP contribution is -2.03. The van der Waals surface area contributed by atoms with Crippen molar-refractivity contribution in [2.24, 2.45) is 0 Å². The Bertz CT molecular complexity index is 299. The van der Waals surface area contributed by atoms with Crippen molar-refractivity contribution >= 4 is 0 Å². The number of aromatic nitrogens is 1. The average molecular weight is 149 g/mol. The van der Waals surface area contributed by atoms with E-state index in [0.717, 1.165) is 30.7 Å². The van der Waals surface area contributed by atoms with Crippen molar-refractivity contribution in [1.82, 2.24) is 5.16 Å². The van der Waals surface area contributed by atoms with Crippen LogP contribution in [0.2, 0.25) is 0 Å². The molecule has 0 fully saturated rings. The van der Waals surface area contributed by atoms with Crippen LogP contribution in [-0.4, -0.2) is 5.16 Å². The molecule has 0 aliphatic heterocycles. The van der Waals surface area contributed by atoms with Crippen molar-refractivity contribution in [3.63, 3.8) is 0 Å². The van der Waals surface area contributed by atoms with Crippen LogP contribution in [0.15, 0.2) is 16.7 Å². The van der Waals surface area contributed by atoms with Gasteiger partial charge in [-0.05, 0) is 19.8 Å². The molecule has 0 N–H and O–H groups in total. The minimum Gasteiger partial charge on any atom is -0.361 e. The Hall–Kier alpha value is -1.05. The molecule has 1 aliphatic carbocycles. The van der Waals surface area contributed by atoms with E-state index < -0.39 is 0 Å². The van der Waals surface area contributed by atoms with Gasteiger partial charge in [-0.25, -0.2) is 0 Å². The Balaban J connectivity index is 2.44. The minimum atomic E-state index is 0.909. The number of allylic oxidation sites excluding steroid dienone is 1. The SMILES string of the molecule is C=C1CCc2c(noc2C)C1. The number of fused-ring (bicyclic) bond motifs is 1. The van der Waals surface area contributed by atoms with Gasteiger partial charge in [-0.1, -0.05) is 17.3 Å². The van der Waals surface area contributed by atoms with E-state index in [-0.39, 0.29) is 0 Å². The van der Waals surface area contributed by atoms with Crippen LogP contribution in [0.5, 0.6) is 0 Å². The summed E-state index contributed by atoms with van der Waals surface area (Å²) in [6.07, 6.45) is 3.06. The lowest BCUT2D eigenvalue weighted by atomic mass is 9.93. The first-order chi connectivity index (χ1) is 5.27. The highest BCUT2D eigenvalue weighted by Gasteiger charge is 2.17. The number of aryl methyl sites for hydroxylation is 1. The maximum atomic E-state index is 5.07. The molecule has 0 amide bonds. The Morgan fingerprint density at radius 1 is 1.45 bits per heavy atom. The van der Waals surface area contributed by atoms with E-state index in [9.17, 15) is 0 Å². The van der Waals surface area contributed by atoms with Gasteiger partial charge in [0.15, 0.2) is 0 Å². The lowest BCUT2D eigenvalue weighted by molar-refractivity contribution is 0.391. The van der Waals surface area contributed by atoms with Gasteiger partial charge in [0.05, 0.1) is 5.69 Å². The predicted octanol–water partition coefficient (Wildman–Crippen LogP) is 2.03. The summed E-state index contributed by atoms with van der Waals surface area (Å²) in [5.41, 5.74) is 3.67. The lowest BCUT2D eigenvalue weighted by Gasteiger charge is -2.10. The Labute approximate surface area is 65.9 Å². The third kappa shape index (κ3) is 0.985. The molecule has 1 aromatic rings. The molecule has 0 spiro atoms. The van der Waals surface area contributed by atoms with Gasteiger partial charge in [0.25, 0.3) is 0 Å². The van der Waals surface area contributed by atoms with E-state index in [2.05, 4.69) is 11.7 Å². The number of hydrogen-bond acceptors (Lipinski definition) is 2. The maximum Gasteiger partial charge on any atom is 0.137 e. The van der Waals surface area contributed by atoms with Crippen LogP contribution >= 0.6 is 0 Å². The Morgan fingerprint density at radius 3 is 3.09 bits per heavy atom. The molecular weight excluding hydrogens is 138 g/mol. The fourth-order valence-corrected chi connectivity index (χ4v) is 1.52. The summed E-state index contributed by atoms with van der Waals surface area (Å²) in [6.45, 7) is 5.91. The molecule has 0 bridgehead atoms. The van der Waals surface area contributed by atoms with Crippen LogP contribution in [0, 0.1) is 6.92 Å². The van der Waals surface area contributed by atoms with Crippen molar-refractivity contribution in [2.45, 2.75) is 26.2 Å². The molecule has 2 nitrogen and oxygen atoms in total. The summed E-state index contributed by atoms with van der Waals surface area (Å²) in [4.78, 5) is 0. The van der Waals surface area contributed by atoms with Crippen molar-refractivity contribution in [1.29, 1.82) is 0 Å². The highest BCUT2D eigenvalue weighted by molar-refractivity contribution is 5.30. The van der Waals surface area contributed by atoms with E-state index in [1.54, 1.807) is 0 Å². The van der Waals surface area contributed by atoms with Crippen LogP contribution in [-0.2, 0) is 12.8 Å². The monoisotopic (exact) mass is 149 g/mol. The summed E-state index contributed by atoms with van der Waals surface area (Å²) in [5.74, 6) is 0.979. The third-order valence-corrected chi connectivity index (χ3v) is 2.21. The first kappa shape index (κ1) is 6.65. The first-order valence-corrected chi connectivity index (χ1v) is 3.88. The van der Waals surface area contributed by atoms with Crippen molar-refractivity contribution in [3.8, 4) is 0 Å². The van der Waals surface area contributed by atoms with E-state index >= 15 is 0 Å². The quantitative estimate of drug-likeness (QED) is 0.527. The smallest absolute Gasteiger partial charge is 0.137 e. The van der Waals surface area contributed by atoms with E-state index in [4.69, 9.17) is 4.52 Å². The third-order valence-electron chi connectivity index (χ3n) is 2.21. The molecular formula is C9H11NO. The minimum absolute atomic E-state index is 0.909. The fourth-order valence-electron chi connectivity index (χ4n) is 1.52. The van der Waals surface area contributed by atoms with E-state index in [0.29, 0.717) is 0 Å². The molecule has 1 heterocycles. The highest BCUT2D eigenvalue weighted by atomic mass is 16.5. The Kier molecular flexibility index (Phi) is 1.34. The number of nitrogens with zero attached hydrogens (tertiary/aromatic N) is 1. The molecule has 0 saturated heterocycles. The molecule has 58 valence electrons. The van der Waals surface area contributed by atoms with Crippen LogP contribution in [0.3, 0.4) is 0 Å². The van der Waals surface area contributed by atoms with Crippen molar-refractivity contribution in [3.05, 3.63) is 29.2 Å². The normalized spacial score (nSPS) is 16.6. The molecule has 1 aromatic heterocycles. The molecule has 0 saturated carbocycles. The summed E-state index contributed by atoms with van der Waals surface area (Å²) >= 11 is 0. The molecule has 2 rings (SSSR count). The summed E-state index contributed by atoms with van der Waals surface area (Å²) < 4.78 is 5.07. The zero-order valence-corrected chi connectivity index (χ0v) is 6.68. The topological polar surface area (TPSA) is 26.0 Å². The summed E-state index contributed by atoms with van der Waals surface area (Å²) in [7, 11) is 0. The molecule has 0 radical (unpaired) electrons. The predicted molar refractivity (Wildman–Crippen MR) is 42.4 cm³/mol. The van der Waals surface area contributed by atoms with Gasteiger partial charge in [0.1, 0.15) is 5.76 Å². The van der Waals surface area contributed by atoms with E-state index in [1.807, 2.05) is 6.92 Å². The standard InChI is InChI=1S/C9H11NO/c1-6-3-4-8-7(2)11-10-9(8)5-6/h1,3-5H2,2H3. The number of hydrogen-bond donors (Lipinski definition) is 0. The van der Waals surface area contributed by atoms with Crippen molar-refractivity contribution < 1.29 is 4.52 Å². The zero-order valence-electron chi connectivity index (χ0n) is 6.68. The number of rotatable bonds is 0. The second-order valence-electron chi connectivity index (χ2n) is 3.09. The van der Waals surface area contributed by atoms with Gasteiger partial charge in [-0.2, -0.15) is 0 Å². The van der Waals surface area contributed by atoms with Gasteiger partial charge >= 0.3 is 0 Å². The highest BCUT2D eigenvalue weighted by Crippen LogP contribution is 2.25. The zero-order chi connectivity index (χ0) is 7.84. The largest absolute Gasteiger partial charge is 0.361 e. The molecule has 2 heteroatoms. The van der Waals surface area contributed by atoms with Crippen LogP contribution in [0.4, 0.5) is 0 Å². The van der Waals surface area contributed by atoms with Crippen molar-refractivity contribution in [2.75, 3.05) is 0 Å². The molecule has 1 aliphatic rings. The van der Waals surface area contributed by atoms with Crippen LogP contribution in [0.25, 0.3) is 0 Å². The summed E-state index contributed by atoms with van der Waals surface area (Å²) in [6, 6.07) is 0. The molecule has 0 unspecified atom stereocenters. The van der Waals surface area contributed by atoms with Gasteiger partial charge in [0, 0.05) is 12.0 Å². The van der Waals surface area contributed by atoms with Gasteiger partial charge < -0.3 is 4.52 Å². The molecule has 11 heavy (non-hydrogen) atoms. The van der Waals surface area contributed by atoms with Gasteiger partial charge in [0.2, 0.25) is 0 Å². The molecule has 0 aromatic carbocycles. The van der Waals surface area contributed by atoms with Gasteiger partial charge in [-0.15, -0.1) is 0 Å². The first-order valence-electron chi connectivity index (χ1n) is 3.88.